The number of carbonyl (C=O) groups excluding carboxylic acids is 1. The van der Waals surface area contributed by atoms with Gasteiger partial charge in [-0.25, -0.2) is 0 Å². The highest BCUT2D eigenvalue weighted by Crippen LogP contribution is 2.35. The van der Waals surface area contributed by atoms with Crippen LogP contribution in [0.15, 0.2) is 0 Å². The van der Waals surface area contributed by atoms with Crippen molar-refractivity contribution in [3.05, 3.63) is 0 Å². The Hall–Kier alpha value is -0.570. The van der Waals surface area contributed by atoms with Gasteiger partial charge in [0.05, 0.1) is 13.0 Å². The van der Waals surface area contributed by atoms with Crippen molar-refractivity contribution in [2.45, 2.75) is 37.9 Å². The van der Waals surface area contributed by atoms with Crippen molar-refractivity contribution in [1.29, 1.82) is 0 Å². The van der Waals surface area contributed by atoms with Gasteiger partial charge in [-0.3, -0.25) is 4.79 Å². The minimum absolute atomic E-state index is 0.105. The molecule has 2 rings (SSSR count). The molecular weight excluding hydrogens is 144 g/mol. The van der Waals surface area contributed by atoms with Crippen molar-refractivity contribution in [3.63, 3.8) is 0 Å². The van der Waals surface area contributed by atoms with Crippen molar-refractivity contribution in [1.82, 2.24) is 0 Å². The molecule has 1 spiro atoms. The second-order valence-corrected chi connectivity index (χ2v) is 3.19. The predicted molar refractivity (Wildman–Crippen MR) is 37.9 cm³/mol. The van der Waals surface area contributed by atoms with Crippen molar-refractivity contribution in [3.8, 4) is 0 Å². The molecule has 2 fully saturated rings. The zero-order chi connectivity index (χ0) is 7.73. The van der Waals surface area contributed by atoms with Gasteiger partial charge in [-0.15, -0.1) is 0 Å². The molecule has 0 aromatic rings. The van der Waals surface area contributed by atoms with Crippen LogP contribution in [0.2, 0.25) is 0 Å². The number of rotatable bonds is 0. The number of hydrogen-bond acceptors (Lipinski definition) is 3. The Bertz CT molecular complexity index is 170. The van der Waals surface area contributed by atoms with E-state index in [4.69, 9.17) is 9.47 Å². The maximum Gasteiger partial charge on any atom is 0.308 e. The van der Waals surface area contributed by atoms with E-state index >= 15 is 0 Å². The maximum absolute atomic E-state index is 10.8. The molecule has 2 aliphatic heterocycles. The second-order valence-electron chi connectivity index (χ2n) is 3.19. The molecule has 62 valence electrons. The van der Waals surface area contributed by atoms with Crippen LogP contribution in [0.4, 0.5) is 0 Å². The van der Waals surface area contributed by atoms with E-state index in [1.54, 1.807) is 0 Å². The summed E-state index contributed by atoms with van der Waals surface area (Å²) >= 11 is 0. The van der Waals surface area contributed by atoms with E-state index in [2.05, 4.69) is 0 Å². The lowest BCUT2D eigenvalue weighted by molar-refractivity contribution is -0.227. The van der Waals surface area contributed by atoms with E-state index in [1.165, 1.54) is 0 Å². The van der Waals surface area contributed by atoms with Gasteiger partial charge in [0.25, 0.3) is 0 Å². The van der Waals surface area contributed by atoms with Crippen molar-refractivity contribution < 1.29 is 14.3 Å². The average Bonchev–Trinajstić information content (AvgIpc) is 2.34. The molecule has 2 saturated heterocycles. The van der Waals surface area contributed by atoms with E-state index < -0.39 is 5.79 Å². The van der Waals surface area contributed by atoms with Crippen LogP contribution in [0.25, 0.3) is 0 Å². The maximum atomic E-state index is 10.8. The van der Waals surface area contributed by atoms with Gasteiger partial charge < -0.3 is 9.47 Å². The van der Waals surface area contributed by atoms with Crippen LogP contribution < -0.4 is 0 Å². The molecular formula is C8H12O3. The van der Waals surface area contributed by atoms with Crippen molar-refractivity contribution in [2.75, 3.05) is 6.61 Å². The fourth-order valence-corrected chi connectivity index (χ4v) is 1.71. The van der Waals surface area contributed by atoms with Crippen LogP contribution in [0, 0.1) is 0 Å². The first-order valence-corrected chi connectivity index (χ1v) is 4.17. The number of esters is 1. The van der Waals surface area contributed by atoms with Crippen molar-refractivity contribution in [2.24, 2.45) is 0 Å². The Labute approximate surface area is 65.7 Å². The van der Waals surface area contributed by atoms with E-state index in [0.717, 1.165) is 32.3 Å². The van der Waals surface area contributed by atoms with E-state index in [0.29, 0.717) is 6.42 Å². The van der Waals surface area contributed by atoms with Gasteiger partial charge in [0, 0.05) is 12.8 Å². The molecule has 0 saturated carbocycles. The van der Waals surface area contributed by atoms with Crippen LogP contribution in [0.1, 0.15) is 32.1 Å². The first kappa shape index (κ1) is 7.10. The van der Waals surface area contributed by atoms with Crippen LogP contribution in [0.3, 0.4) is 0 Å². The third-order valence-electron chi connectivity index (χ3n) is 2.33. The Morgan fingerprint density at radius 1 is 1.27 bits per heavy atom. The highest BCUT2D eigenvalue weighted by Gasteiger charge is 2.42. The SMILES string of the molecule is O=C1CC[C@@]2(CCCCO2)O1. The minimum atomic E-state index is -0.505. The lowest BCUT2D eigenvalue weighted by Crippen LogP contribution is -2.35. The summed E-state index contributed by atoms with van der Waals surface area (Å²) in [5.41, 5.74) is 0. The molecule has 0 unspecified atom stereocenters. The summed E-state index contributed by atoms with van der Waals surface area (Å²) < 4.78 is 10.6. The first-order chi connectivity index (χ1) is 5.31. The normalized spacial score (nSPS) is 37.6. The van der Waals surface area contributed by atoms with Gasteiger partial charge in [-0.2, -0.15) is 0 Å². The zero-order valence-electron chi connectivity index (χ0n) is 6.47. The molecule has 0 amide bonds. The third-order valence-corrected chi connectivity index (χ3v) is 2.33. The van der Waals surface area contributed by atoms with Gasteiger partial charge in [-0.05, 0) is 12.8 Å². The van der Waals surface area contributed by atoms with Crippen molar-refractivity contribution >= 4 is 5.97 Å². The molecule has 0 N–H and O–H groups in total. The number of hydrogen-bond donors (Lipinski definition) is 0. The predicted octanol–water partition coefficient (Wildman–Crippen LogP) is 1.22. The summed E-state index contributed by atoms with van der Waals surface area (Å²) in [7, 11) is 0. The van der Waals surface area contributed by atoms with Gasteiger partial charge in [0.15, 0.2) is 0 Å². The Kier molecular flexibility index (Phi) is 1.60. The van der Waals surface area contributed by atoms with Gasteiger partial charge in [0.1, 0.15) is 0 Å². The molecule has 2 heterocycles. The molecule has 0 aromatic heterocycles. The highest BCUT2D eigenvalue weighted by atomic mass is 16.7. The zero-order valence-corrected chi connectivity index (χ0v) is 6.47. The lowest BCUT2D eigenvalue weighted by Gasteiger charge is -2.31. The van der Waals surface area contributed by atoms with Crippen LogP contribution in [0.5, 0.6) is 0 Å². The summed E-state index contributed by atoms with van der Waals surface area (Å²) in [6, 6.07) is 0. The largest absolute Gasteiger partial charge is 0.433 e. The quantitative estimate of drug-likeness (QED) is 0.495. The second kappa shape index (κ2) is 2.48. The lowest BCUT2D eigenvalue weighted by atomic mass is 10.0. The van der Waals surface area contributed by atoms with E-state index in [9.17, 15) is 4.79 Å². The molecule has 2 aliphatic rings. The van der Waals surface area contributed by atoms with Gasteiger partial charge in [0.2, 0.25) is 5.79 Å². The number of ether oxygens (including phenoxy) is 2. The van der Waals surface area contributed by atoms with E-state index in [1.807, 2.05) is 0 Å². The summed E-state index contributed by atoms with van der Waals surface area (Å²) in [4.78, 5) is 10.8. The molecule has 0 bridgehead atoms. The molecule has 3 nitrogen and oxygen atoms in total. The minimum Gasteiger partial charge on any atom is -0.433 e. The first-order valence-electron chi connectivity index (χ1n) is 4.17. The Morgan fingerprint density at radius 2 is 2.18 bits per heavy atom. The summed E-state index contributed by atoms with van der Waals surface area (Å²) in [5.74, 6) is -0.609. The molecule has 0 aliphatic carbocycles. The summed E-state index contributed by atoms with van der Waals surface area (Å²) in [5, 5.41) is 0. The molecule has 11 heavy (non-hydrogen) atoms. The van der Waals surface area contributed by atoms with Crippen LogP contribution in [-0.4, -0.2) is 18.4 Å². The summed E-state index contributed by atoms with van der Waals surface area (Å²) in [6.07, 6.45) is 4.39. The standard InChI is InChI=1S/C8H12O3/c9-7-3-5-8(11-7)4-1-2-6-10-8/h1-6H2/t8-/m1/s1. The third kappa shape index (κ3) is 1.25. The molecule has 1 atom stereocenters. The van der Waals surface area contributed by atoms with Gasteiger partial charge >= 0.3 is 5.97 Å². The highest BCUT2D eigenvalue weighted by molar-refractivity contribution is 5.71. The Morgan fingerprint density at radius 3 is 2.73 bits per heavy atom. The topological polar surface area (TPSA) is 35.5 Å². The molecule has 3 heteroatoms. The molecule has 0 radical (unpaired) electrons. The fourth-order valence-electron chi connectivity index (χ4n) is 1.71. The summed E-state index contributed by atoms with van der Waals surface area (Å²) in [6.45, 7) is 0.743. The number of carbonyl (C=O) groups is 1. The fraction of sp³-hybridized carbons (Fsp3) is 0.875. The van der Waals surface area contributed by atoms with E-state index in [-0.39, 0.29) is 5.97 Å². The van der Waals surface area contributed by atoms with Gasteiger partial charge in [-0.1, -0.05) is 0 Å². The monoisotopic (exact) mass is 156 g/mol. The average molecular weight is 156 g/mol. The Balaban J connectivity index is 2.03. The smallest absolute Gasteiger partial charge is 0.308 e. The van der Waals surface area contributed by atoms with Crippen LogP contribution >= 0.6 is 0 Å². The molecule has 0 aromatic carbocycles. The van der Waals surface area contributed by atoms with Crippen LogP contribution in [-0.2, 0) is 14.3 Å².